The van der Waals surface area contributed by atoms with Crippen LogP contribution in [0.4, 0.5) is 0 Å². The maximum atomic E-state index is 8.84. The number of hydrogen-bond acceptors (Lipinski definition) is 3. The second-order valence-corrected chi connectivity index (χ2v) is 3.83. The summed E-state index contributed by atoms with van der Waals surface area (Å²) in [4.78, 5) is 8.21. The number of halogens is 1. The minimum atomic E-state index is -0.360. The van der Waals surface area contributed by atoms with Gasteiger partial charge in [-0.3, -0.25) is 0 Å². The standard InChI is InChI=1S/C8H6BrN3/c9-6-3-11-7(12-4-6)8(5-10)1-2-8/h3-4H,1-2H2. The fourth-order valence-electron chi connectivity index (χ4n) is 1.07. The van der Waals surface area contributed by atoms with Crippen LogP contribution in [0.1, 0.15) is 18.7 Å². The van der Waals surface area contributed by atoms with Gasteiger partial charge in [-0.1, -0.05) is 0 Å². The first-order valence-electron chi connectivity index (χ1n) is 3.66. The molecule has 1 aliphatic carbocycles. The fraction of sp³-hybridized carbons (Fsp3) is 0.375. The quantitative estimate of drug-likeness (QED) is 0.730. The monoisotopic (exact) mass is 223 g/mol. The van der Waals surface area contributed by atoms with Crippen molar-refractivity contribution in [2.75, 3.05) is 0 Å². The van der Waals surface area contributed by atoms with Gasteiger partial charge in [0.2, 0.25) is 0 Å². The predicted molar refractivity (Wildman–Crippen MR) is 46.3 cm³/mol. The number of nitrogens with zero attached hydrogens (tertiary/aromatic N) is 3. The van der Waals surface area contributed by atoms with Crippen molar-refractivity contribution in [2.24, 2.45) is 0 Å². The lowest BCUT2D eigenvalue weighted by atomic mass is 10.1. The molecule has 0 saturated heterocycles. The predicted octanol–water partition coefficient (Wildman–Crippen LogP) is 1.79. The van der Waals surface area contributed by atoms with Gasteiger partial charge >= 0.3 is 0 Å². The van der Waals surface area contributed by atoms with Crippen molar-refractivity contribution in [3.05, 3.63) is 22.7 Å². The molecule has 0 radical (unpaired) electrons. The van der Waals surface area contributed by atoms with Crippen LogP contribution in [0.5, 0.6) is 0 Å². The summed E-state index contributed by atoms with van der Waals surface area (Å²) in [6.07, 6.45) is 5.15. The molecular formula is C8H6BrN3. The van der Waals surface area contributed by atoms with E-state index in [0.717, 1.165) is 17.3 Å². The van der Waals surface area contributed by atoms with Gasteiger partial charge < -0.3 is 0 Å². The van der Waals surface area contributed by atoms with Gasteiger partial charge in [0.25, 0.3) is 0 Å². The van der Waals surface area contributed by atoms with Crippen LogP contribution >= 0.6 is 15.9 Å². The number of rotatable bonds is 1. The Morgan fingerprint density at radius 1 is 1.42 bits per heavy atom. The molecule has 1 saturated carbocycles. The van der Waals surface area contributed by atoms with Gasteiger partial charge in [0, 0.05) is 12.4 Å². The summed E-state index contributed by atoms with van der Waals surface area (Å²) in [5.41, 5.74) is -0.360. The van der Waals surface area contributed by atoms with Crippen LogP contribution in [-0.4, -0.2) is 9.97 Å². The lowest BCUT2D eigenvalue weighted by Crippen LogP contribution is -2.07. The van der Waals surface area contributed by atoms with E-state index < -0.39 is 0 Å². The van der Waals surface area contributed by atoms with Crippen molar-refractivity contribution in [3.8, 4) is 6.07 Å². The van der Waals surface area contributed by atoms with Crippen molar-refractivity contribution >= 4 is 15.9 Å². The van der Waals surface area contributed by atoms with E-state index in [1.54, 1.807) is 12.4 Å². The molecule has 60 valence electrons. The van der Waals surface area contributed by atoms with Gasteiger partial charge in [0.15, 0.2) is 0 Å². The van der Waals surface area contributed by atoms with Gasteiger partial charge in [-0.25, -0.2) is 9.97 Å². The third-order valence-corrected chi connectivity index (χ3v) is 2.42. The first kappa shape index (κ1) is 7.69. The normalized spacial score (nSPS) is 18.3. The largest absolute Gasteiger partial charge is 0.238 e. The Bertz CT molecular complexity index is 334. The zero-order valence-electron chi connectivity index (χ0n) is 6.29. The summed E-state index contributed by atoms with van der Waals surface area (Å²) in [5, 5.41) is 8.84. The van der Waals surface area contributed by atoms with E-state index in [2.05, 4.69) is 32.0 Å². The average Bonchev–Trinajstić information content (AvgIpc) is 2.86. The third-order valence-electron chi connectivity index (χ3n) is 2.01. The first-order valence-corrected chi connectivity index (χ1v) is 4.45. The van der Waals surface area contributed by atoms with E-state index in [-0.39, 0.29) is 5.41 Å². The average molecular weight is 224 g/mol. The molecule has 3 nitrogen and oxygen atoms in total. The van der Waals surface area contributed by atoms with Crippen LogP contribution in [0.25, 0.3) is 0 Å². The smallest absolute Gasteiger partial charge is 0.148 e. The Labute approximate surface area is 78.6 Å². The lowest BCUT2D eigenvalue weighted by molar-refractivity contribution is 0.794. The highest BCUT2D eigenvalue weighted by atomic mass is 79.9. The minimum Gasteiger partial charge on any atom is -0.238 e. The van der Waals surface area contributed by atoms with Crippen LogP contribution in [-0.2, 0) is 5.41 Å². The molecule has 12 heavy (non-hydrogen) atoms. The summed E-state index contributed by atoms with van der Waals surface area (Å²) < 4.78 is 0.847. The molecule has 2 rings (SSSR count). The summed E-state index contributed by atoms with van der Waals surface area (Å²) in [6, 6.07) is 2.25. The Hall–Kier alpha value is -0.950. The van der Waals surface area contributed by atoms with E-state index in [1.807, 2.05) is 0 Å². The van der Waals surface area contributed by atoms with Crippen molar-refractivity contribution in [2.45, 2.75) is 18.3 Å². The van der Waals surface area contributed by atoms with Gasteiger partial charge in [-0.2, -0.15) is 5.26 Å². The Kier molecular flexibility index (Phi) is 1.62. The molecule has 0 unspecified atom stereocenters. The summed E-state index contributed by atoms with van der Waals surface area (Å²) >= 11 is 3.25. The number of hydrogen-bond donors (Lipinski definition) is 0. The van der Waals surface area contributed by atoms with Crippen molar-refractivity contribution in [1.82, 2.24) is 9.97 Å². The Balaban J connectivity index is 2.37. The molecule has 1 heterocycles. The van der Waals surface area contributed by atoms with Crippen LogP contribution in [0.3, 0.4) is 0 Å². The molecule has 0 bridgehead atoms. The molecule has 1 aliphatic rings. The Morgan fingerprint density at radius 3 is 2.42 bits per heavy atom. The van der Waals surface area contributed by atoms with E-state index in [4.69, 9.17) is 5.26 Å². The first-order chi connectivity index (χ1) is 5.77. The van der Waals surface area contributed by atoms with Crippen molar-refractivity contribution in [1.29, 1.82) is 5.26 Å². The van der Waals surface area contributed by atoms with Crippen molar-refractivity contribution in [3.63, 3.8) is 0 Å². The van der Waals surface area contributed by atoms with Crippen LogP contribution in [0.15, 0.2) is 16.9 Å². The van der Waals surface area contributed by atoms with E-state index in [0.29, 0.717) is 5.82 Å². The molecule has 0 aromatic carbocycles. The van der Waals surface area contributed by atoms with E-state index >= 15 is 0 Å². The highest BCUT2D eigenvalue weighted by Crippen LogP contribution is 2.45. The SMILES string of the molecule is N#CC1(c2ncc(Br)cn2)CC1. The number of nitriles is 1. The Morgan fingerprint density at radius 2 is 2.00 bits per heavy atom. The van der Waals surface area contributed by atoms with Crippen LogP contribution in [0, 0.1) is 11.3 Å². The fourth-order valence-corrected chi connectivity index (χ4v) is 1.27. The number of aromatic nitrogens is 2. The molecule has 1 aromatic rings. The highest BCUT2D eigenvalue weighted by Gasteiger charge is 2.47. The summed E-state index contributed by atoms with van der Waals surface area (Å²) in [7, 11) is 0. The highest BCUT2D eigenvalue weighted by molar-refractivity contribution is 9.10. The molecule has 4 heteroatoms. The van der Waals surface area contributed by atoms with Crippen molar-refractivity contribution < 1.29 is 0 Å². The lowest BCUT2D eigenvalue weighted by Gasteiger charge is -2.01. The maximum Gasteiger partial charge on any atom is 0.148 e. The van der Waals surface area contributed by atoms with Gasteiger partial charge in [0.1, 0.15) is 11.2 Å². The molecule has 1 aromatic heterocycles. The molecule has 0 aliphatic heterocycles. The molecular weight excluding hydrogens is 218 g/mol. The maximum absolute atomic E-state index is 8.84. The van der Waals surface area contributed by atoms with Crippen LogP contribution in [0.2, 0.25) is 0 Å². The second-order valence-electron chi connectivity index (χ2n) is 2.92. The second kappa shape index (κ2) is 2.53. The molecule has 0 amide bonds. The molecule has 1 fully saturated rings. The van der Waals surface area contributed by atoms with E-state index in [9.17, 15) is 0 Å². The zero-order valence-corrected chi connectivity index (χ0v) is 7.87. The summed E-state index contributed by atoms with van der Waals surface area (Å²) in [6.45, 7) is 0. The van der Waals surface area contributed by atoms with E-state index in [1.165, 1.54) is 0 Å². The molecule has 0 spiro atoms. The van der Waals surface area contributed by atoms with Crippen LogP contribution < -0.4 is 0 Å². The molecule has 0 N–H and O–H groups in total. The van der Waals surface area contributed by atoms with Gasteiger partial charge in [-0.15, -0.1) is 0 Å². The van der Waals surface area contributed by atoms with Gasteiger partial charge in [0.05, 0.1) is 10.5 Å². The van der Waals surface area contributed by atoms with Gasteiger partial charge in [-0.05, 0) is 28.8 Å². The minimum absolute atomic E-state index is 0.360. The third kappa shape index (κ3) is 1.10. The summed E-state index contributed by atoms with van der Waals surface area (Å²) in [5.74, 6) is 0.660. The zero-order chi connectivity index (χ0) is 8.60. The molecule has 0 atom stereocenters. The topological polar surface area (TPSA) is 49.6 Å².